The van der Waals surface area contributed by atoms with Gasteiger partial charge in [0, 0.05) is 0 Å². The van der Waals surface area contributed by atoms with Crippen LogP contribution < -0.4 is 5.32 Å². The van der Waals surface area contributed by atoms with Crippen molar-refractivity contribution in [3.8, 4) is 0 Å². The van der Waals surface area contributed by atoms with Gasteiger partial charge < -0.3 is 9.52 Å². The lowest BCUT2D eigenvalue weighted by Crippen LogP contribution is -2.48. The van der Waals surface area contributed by atoms with E-state index in [1.807, 2.05) is 13.0 Å². The molecule has 0 spiro atoms. The van der Waals surface area contributed by atoms with Gasteiger partial charge in [0.1, 0.15) is 11.3 Å². The fraction of sp³-hybridized carbons (Fsp3) is 0.545. The molecule has 0 saturated carbocycles. The van der Waals surface area contributed by atoms with Gasteiger partial charge in [0.2, 0.25) is 0 Å². The maximum atomic E-state index is 11.1. The van der Waals surface area contributed by atoms with Crippen LogP contribution in [0.5, 0.6) is 0 Å². The summed E-state index contributed by atoms with van der Waals surface area (Å²) in [6.07, 6.45) is 3.01. The quantitative estimate of drug-likeness (QED) is 0.755. The van der Waals surface area contributed by atoms with Crippen molar-refractivity contribution in [2.24, 2.45) is 0 Å². The molecular formula is C11H17NO3. The summed E-state index contributed by atoms with van der Waals surface area (Å²) in [5.74, 6) is -0.0746. The molecule has 2 N–H and O–H groups in total. The third kappa shape index (κ3) is 3.09. The fourth-order valence-electron chi connectivity index (χ4n) is 1.47. The highest BCUT2D eigenvalue weighted by Gasteiger charge is 2.31. The van der Waals surface area contributed by atoms with Gasteiger partial charge in [-0.2, -0.15) is 0 Å². The highest BCUT2D eigenvalue weighted by atomic mass is 16.4. The van der Waals surface area contributed by atoms with Crippen LogP contribution >= 0.6 is 0 Å². The van der Waals surface area contributed by atoms with E-state index < -0.39 is 11.5 Å². The van der Waals surface area contributed by atoms with Crippen molar-refractivity contribution < 1.29 is 14.3 Å². The van der Waals surface area contributed by atoms with Gasteiger partial charge >= 0.3 is 5.97 Å². The molecule has 0 radical (unpaired) electrons. The van der Waals surface area contributed by atoms with Crippen LogP contribution in [0.3, 0.4) is 0 Å². The van der Waals surface area contributed by atoms with Crippen molar-refractivity contribution in [1.82, 2.24) is 5.32 Å². The van der Waals surface area contributed by atoms with Crippen molar-refractivity contribution >= 4 is 5.97 Å². The topological polar surface area (TPSA) is 62.5 Å². The van der Waals surface area contributed by atoms with Crippen molar-refractivity contribution in [2.75, 3.05) is 0 Å². The van der Waals surface area contributed by atoms with E-state index in [1.54, 1.807) is 19.3 Å². The van der Waals surface area contributed by atoms with Crippen LogP contribution in [0.4, 0.5) is 0 Å². The second-order valence-corrected chi connectivity index (χ2v) is 3.82. The average Bonchev–Trinajstić information content (AvgIpc) is 2.67. The maximum Gasteiger partial charge on any atom is 0.323 e. The van der Waals surface area contributed by atoms with E-state index in [0.29, 0.717) is 13.0 Å². The van der Waals surface area contributed by atoms with Gasteiger partial charge in [-0.1, -0.05) is 13.3 Å². The Balaban J connectivity index is 2.56. The Hall–Kier alpha value is -1.29. The summed E-state index contributed by atoms with van der Waals surface area (Å²) in [6, 6.07) is 3.61. The van der Waals surface area contributed by atoms with Crippen molar-refractivity contribution in [2.45, 2.75) is 38.8 Å². The van der Waals surface area contributed by atoms with Crippen molar-refractivity contribution in [3.63, 3.8) is 0 Å². The molecule has 0 aromatic carbocycles. The van der Waals surface area contributed by atoms with Gasteiger partial charge in [0.15, 0.2) is 0 Å². The zero-order valence-corrected chi connectivity index (χ0v) is 9.12. The van der Waals surface area contributed by atoms with Crippen LogP contribution in [0.1, 0.15) is 32.4 Å². The summed E-state index contributed by atoms with van der Waals surface area (Å²) < 4.78 is 5.13. The number of nitrogens with one attached hydrogen (secondary N) is 1. The molecule has 4 heteroatoms. The Morgan fingerprint density at radius 3 is 2.87 bits per heavy atom. The molecule has 15 heavy (non-hydrogen) atoms. The van der Waals surface area contributed by atoms with Gasteiger partial charge in [-0.15, -0.1) is 0 Å². The predicted octanol–water partition coefficient (Wildman–Crippen LogP) is 2.01. The Morgan fingerprint density at radius 1 is 1.67 bits per heavy atom. The normalized spacial score (nSPS) is 14.8. The van der Waals surface area contributed by atoms with E-state index >= 15 is 0 Å². The fourth-order valence-corrected chi connectivity index (χ4v) is 1.47. The molecule has 1 rings (SSSR count). The molecule has 0 aliphatic carbocycles. The highest BCUT2D eigenvalue weighted by Crippen LogP contribution is 2.13. The Morgan fingerprint density at radius 2 is 2.40 bits per heavy atom. The Bertz CT molecular complexity index is 308. The molecule has 0 aliphatic rings. The van der Waals surface area contributed by atoms with E-state index in [-0.39, 0.29) is 0 Å². The van der Waals surface area contributed by atoms with Crippen LogP contribution in [0, 0.1) is 0 Å². The number of aliphatic carboxylic acids is 1. The lowest BCUT2D eigenvalue weighted by molar-refractivity contribution is -0.144. The number of carboxylic acids is 1. The second-order valence-electron chi connectivity index (χ2n) is 3.82. The number of hydrogen-bond donors (Lipinski definition) is 2. The summed E-state index contributed by atoms with van der Waals surface area (Å²) in [5.41, 5.74) is -0.873. The van der Waals surface area contributed by atoms with Crippen molar-refractivity contribution in [1.29, 1.82) is 0 Å². The molecule has 0 bridgehead atoms. The van der Waals surface area contributed by atoms with E-state index in [9.17, 15) is 4.79 Å². The second kappa shape index (κ2) is 4.98. The van der Waals surface area contributed by atoms with E-state index in [2.05, 4.69) is 5.32 Å². The lowest BCUT2D eigenvalue weighted by Gasteiger charge is -2.25. The zero-order valence-electron chi connectivity index (χ0n) is 9.12. The van der Waals surface area contributed by atoms with Gasteiger partial charge in [0.05, 0.1) is 12.8 Å². The number of carbonyl (C=O) groups is 1. The molecule has 0 fully saturated rings. The number of carboxylic acid groups (broad SMARTS) is 1. The maximum absolute atomic E-state index is 11.1. The molecule has 0 aliphatic heterocycles. The SMILES string of the molecule is CCCC(C)(NCc1ccco1)C(=O)O. The van der Waals surface area contributed by atoms with E-state index in [4.69, 9.17) is 9.52 Å². The first-order chi connectivity index (χ1) is 7.08. The molecule has 1 aromatic rings. The third-order valence-corrected chi connectivity index (χ3v) is 2.45. The van der Waals surface area contributed by atoms with E-state index in [0.717, 1.165) is 12.2 Å². The molecule has 4 nitrogen and oxygen atoms in total. The highest BCUT2D eigenvalue weighted by molar-refractivity contribution is 5.78. The van der Waals surface area contributed by atoms with Gasteiger partial charge in [-0.3, -0.25) is 10.1 Å². The smallest absolute Gasteiger partial charge is 0.323 e. The first-order valence-electron chi connectivity index (χ1n) is 5.09. The van der Waals surface area contributed by atoms with Crippen molar-refractivity contribution in [3.05, 3.63) is 24.2 Å². The minimum absolute atomic E-state index is 0.440. The number of furan rings is 1. The van der Waals surface area contributed by atoms with Crippen LogP contribution in [0.25, 0.3) is 0 Å². The minimum Gasteiger partial charge on any atom is -0.480 e. The summed E-state index contributed by atoms with van der Waals surface area (Å²) in [5, 5.41) is 12.1. The molecule has 1 heterocycles. The summed E-state index contributed by atoms with van der Waals surface area (Å²) in [7, 11) is 0. The van der Waals surface area contributed by atoms with E-state index in [1.165, 1.54) is 0 Å². The number of rotatable bonds is 6. The summed E-state index contributed by atoms with van der Waals surface area (Å²) >= 11 is 0. The molecular weight excluding hydrogens is 194 g/mol. The summed E-state index contributed by atoms with van der Waals surface area (Å²) in [4.78, 5) is 11.1. The largest absolute Gasteiger partial charge is 0.480 e. The van der Waals surface area contributed by atoms with Gasteiger partial charge in [0.25, 0.3) is 0 Å². The molecule has 1 unspecified atom stereocenters. The van der Waals surface area contributed by atoms with Crippen LogP contribution in [0.15, 0.2) is 22.8 Å². The Kier molecular flexibility index (Phi) is 3.91. The number of hydrogen-bond acceptors (Lipinski definition) is 3. The van der Waals surface area contributed by atoms with Crippen LogP contribution in [-0.4, -0.2) is 16.6 Å². The van der Waals surface area contributed by atoms with Gasteiger partial charge in [-0.25, -0.2) is 0 Å². The lowest BCUT2D eigenvalue weighted by atomic mass is 9.96. The summed E-state index contributed by atoms with van der Waals surface area (Å²) in [6.45, 7) is 4.10. The standard InChI is InChI=1S/C11H17NO3/c1-3-6-11(2,10(13)14)12-8-9-5-4-7-15-9/h4-5,7,12H,3,6,8H2,1-2H3,(H,13,14). The van der Waals surface area contributed by atoms with Gasteiger partial charge in [-0.05, 0) is 25.5 Å². The third-order valence-electron chi connectivity index (χ3n) is 2.45. The predicted molar refractivity (Wildman–Crippen MR) is 56.5 cm³/mol. The zero-order chi connectivity index (χ0) is 11.3. The first kappa shape index (κ1) is 11.8. The average molecular weight is 211 g/mol. The van der Waals surface area contributed by atoms with Crippen LogP contribution in [-0.2, 0) is 11.3 Å². The monoisotopic (exact) mass is 211 g/mol. The molecule has 84 valence electrons. The Labute approximate surface area is 89.3 Å². The van der Waals surface area contributed by atoms with Crippen LogP contribution in [0.2, 0.25) is 0 Å². The molecule has 1 aromatic heterocycles. The molecule has 1 atom stereocenters. The molecule has 0 amide bonds. The minimum atomic E-state index is -0.873. The first-order valence-corrected chi connectivity index (χ1v) is 5.09. The molecule has 0 saturated heterocycles.